The monoisotopic (exact) mass is 369 g/mol. The topological polar surface area (TPSA) is 68.4 Å². The fraction of sp³-hybridized carbons (Fsp3) is 0.200. The van der Waals surface area contributed by atoms with Crippen molar-refractivity contribution in [3.05, 3.63) is 75.0 Å². The lowest BCUT2D eigenvalue weighted by Gasteiger charge is -2.09. The summed E-state index contributed by atoms with van der Waals surface area (Å²) in [6.45, 7) is 4.25. The van der Waals surface area contributed by atoms with Gasteiger partial charge in [0.2, 0.25) is 0 Å². The summed E-state index contributed by atoms with van der Waals surface area (Å²) in [7, 11) is 0. The van der Waals surface area contributed by atoms with Crippen LogP contribution in [0, 0.1) is 6.92 Å². The third-order valence-electron chi connectivity index (χ3n) is 3.78. The first-order valence-corrected chi connectivity index (χ1v) is 9.08. The lowest BCUT2D eigenvalue weighted by Crippen LogP contribution is -2.10. The summed E-state index contributed by atoms with van der Waals surface area (Å²) >= 11 is 1.24. The molecule has 0 bridgehead atoms. The van der Waals surface area contributed by atoms with E-state index in [1.54, 1.807) is 19.2 Å². The highest BCUT2D eigenvalue weighted by atomic mass is 32.1. The summed E-state index contributed by atoms with van der Waals surface area (Å²) in [6.07, 6.45) is 1.55. The van der Waals surface area contributed by atoms with Gasteiger partial charge >= 0.3 is 5.97 Å². The van der Waals surface area contributed by atoms with E-state index in [0.29, 0.717) is 34.3 Å². The average molecular weight is 369 g/mol. The third kappa shape index (κ3) is 3.86. The molecule has 6 heteroatoms. The second-order valence-corrected chi connectivity index (χ2v) is 6.72. The predicted octanol–water partition coefficient (Wildman–Crippen LogP) is 4.17. The lowest BCUT2D eigenvalue weighted by atomic mass is 10.2. The number of rotatable bonds is 6. The second kappa shape index (κ2) is 8.01. The number of ether oxygens (including phenoxy) is 2. The van der Waals surface area contributed by atoms with E-state index >= 15 is 0 Å². The molecule has 2 heterocycles. The first-order valence-electron chi connectivity index (χ1n) is 8.26. The first-order chi connectivity index (χ1) is 12.6. The zero-order chi connectivity index (χ0) is 18.5. The fourth-order valence-electron chi connectivity index (χ4n) is 2.55. The number of aromatic amines is 1. The number of aromatic nitrogens is 1. The van der Waals surface area contributed by atoms with Crippen molar-refractivity contribution in [1.82, 2.24) is 4.98 Å². The Morgan fingerprint density at radius 3 is 2.69 bits per heavy atom. The molecule has 26 heavy (non-hydrogen) atoms. The molecule has 0 radical (unpaired) electrons. The molecular formula is C20H19NO4S. The van der Waals surface area contributed by atoms with Crippen LogP contribution in [-0.4, -0.2) is 17.6 Å². The van der Waals surface area contributed by atoms with Gasteiger partial charge in [-0.2, -0.15) is 0 Å². The van der Waals surface area contributed by atoms with E-state index in [1.165, 1.54) is 11.3 Å². The number of nitrogens with one attached hydrogen (secondary N) is 1. The minimum Gasteiger partial charge on any atom is -0.488 e. The molecule has 0 amide bonds. The van der Waals surface area contributed by atoms with Crippen LogP contribution in [0.3, 0.4) is 0 Å². The second-order valence-electron chi connectivity index (χ2n) is 5.66. The molecule has 0 aliphatic heterocycles. The van der Waals surface area contributed by atoms with Crippen LogP contribution in [0.1, 0.15) is 27.7 Å². The maximum Gasteiger partial charge on any atom is 0.348 e. The van der Waals surface area contributed by atoms with Crippen molar-refractivity contribution in [2.45, 2.75) is 20.5 Å². The summed E-state index contributed by atoms with van der Waals surface area (Å²) < 4.78 is 11.0. The Hall–Kier alpha value is -2.86. The molecule has 134 valence electrons. The third-order valence-corrected chi connectivity index (χ3v) is 5.02. The number of carbonyl (C=O) groups excluding carboxylic acids is 1. The average Bonchev–Trinajstić information content (AvgIpc) is 3.02. The van der Waals surface area contributed by atoms with Gasteiger partial charge in [0, 0.05) is 11.1 Å². The summed E-state index contributed by atoms with van der Waals surface area (Å²) in [6, 6.07) is 13.3. The number of pyridine rings is 1. The number of hydrogen-bond acceptors (Lipinski definition) is 5. The molecule has 3 rings (SSSR count). The van der Waals surface area contributed by atoms with Gasteiger partial charge < -0.3 is 14.5 Å². The van der Waals surface area contributed by atoms with Crippen molar-refractivity contribution in [1.29, 1.82) is 0 Å². The molecule has 5 nitrogen and oxygen atoms in total. The number of hydrogen-bond donors (Lipinski definition) is 1. The molecule has 0 spiro atoms. The van der Waals surface area contributed by atoms with E-state index in [1.807, 2.05) is 43.3 Å². The van der Waals surface area contributed by atoms with Gasteiger partial charge in [-0.25, -0.2) is 4.79 Å². The van der Waals surface area contributed by atoms with Gasteiger partial charge in [-0.05, 0) is 37.1 Å². The Kier molecular flexibility index (Phi) is 5.53. The molecule has 1 N–H and O–H groups in total. The van der Waals surface area contributed by atoms with Crippen molar-refractivity contribution >= 4 is 17.3 Å². The Labute approximate surface area is 155 Å². The predicted molar refractivity (Wildman–Crippen MR) is 102 cm³/mol. The number of benzene rings is 1. The van der Waals surface area contributed by atoms with Crippen molar-refractivity contribution < 1.29 is 14.3 Å². The molecule has 0 saturated heterocycles. The summed E-state index contributed by atoms with van der Waals surface area (Å²) in [5, 5.41) is 0. The van der Waals surface area contributed by atoms with E-state index in [0.717, 1.165) is 11.1 Å². The van der Waals surface area contributed by atoms with Crippen LogP contribution in [0.5, 0.6) is 5.75 Å². The van der Waals surface area contributed by atoms with E-state index in [9.17, 15) is 9.59 Å². The van der Waals surface area contributed by atoms with Crippen LogP contribution < -0.4 is 10.3 Å². The highest BCUT2D eigenvalue weighted by molar-refractivity contribution is 7.17. The maximum atomic E-state index is 12.4. The highest BCUT2D eigenvalue weighted by Crippen LogP contribution is 2.35. The van der Waals surface area contributed by atoms with Crippen LogP contribution in [-0.2, 0) is 11.3 Å². The number of carbonyl (C=O) groups is 1. The summed E-state index contributed by atoms with van der Waals surface area (Å²) in [5.41, 5.74) is 1.95. The minimum absolute atomic E-state index is 0.257. The zero-order valence-electron chi connectivity index (χ0n) is 14.6. The smallest absolute Gasteiger partial charge is 0.348 e. The SMILES string of the molecule is CCOC(=O)c1sc(-c2c(OCc3ccccc3)cc[nH]c2=O)cc1C. The van der Waals surface area contributed by atoms with Gasteiger partial charge in [0.05, 0.1) is 12.2 Å². The van der Waals surface area contributed by atoms with Gasteiger partial charge in [-0.3, -0.25) is 4.79 Å². The summed E-state index contributed by atoms with van der Waals surface area (Å²) in [5.74, 6) is 0.106. The maximum absolute atomic E-state index is 12.4. The summed E-state index contributed by atoms with van der Waals surface area (Å²) in [4.78, 5) is 28.3. The van der Waals surface area contributed by atoms with Crippen LogP contribution >= 0.6 is 11.3 Å². The van der Waals surface area contributed by atoms with Gasteiger partial charge in [0.15, 0.2) is 0 Å². The van der Waals surface area contributed by atoms with Crippen molar-refractivity contribution in [2.75, 3.05) is 6.61 Å². The van der Waals surface area contributed by atoms with E-state index < -0.39 is 0 Å². The lowest BCUT2D eigenvalue weighted by molar-refractivity contribution is 0.0531. The van der Waals surface area contributed by atoms with Crippen molar-refractivity contribution in [3.8, 4) is 16.2 Å². The Morgan fingerprint density at radius 2 is 1.96 bits per heavy atom. The molecule has 2 aromatic heterocycles. The van der Waals surface area contributed by atoms with Crippen LogP contribution in [0.4, 0.5) is 0 Å². The number of H-pyrrole nitrogens is 1. The number of esters is 1. The van der Waals surface area contributed by atoms with E-state index in [4.69, 9.17) is 9.47 Å². The molecule has 0 unspecified atom stereocenters. The van der Waals surface area contributed by atoms with Gasteiger partial charge in [-0.15, -0.1) is 11.3 Å². The normalized spacial score (nSPS) is 10.5. The van der Waals surface area contributed by atoms with Gasteiger partial charge in [0.1, 0.15) is 17.2 Å². The Bertz CT molecular complexity index is 959. The first kappa shape index (κ1) is 17.9. The largest absolute Gasteiger partial charge is 0.488 e. The molecule has 0 aliphatic rings. The highest BCUT2D eigenvalue weighted by Gasteiger charge is 2.19. The molecule has 1 aromatic carbocycles. The van der Waals surface area contributed by atoms with Crippen molar-refractivity contribution in [2.24, 2.45) is 0 Å². The molecule has 0 atom stereocenters. The quantitative estimate of drug-likeness (QED) is 0.662. The zero-order valence-corrected chi connectivity index (χ0v) is 15.4. The molecule has 3 aromatic rings. The molecule has 0 aliphatic carbocycles. The van der Waals surface area contributed by atoms with Crippen molar-refractivity contribution in [3.63, 3.8) is 0 Å². The van der Waals surface area contributed by atoms with Gasteiger partial charge in [0.25, 0.3) is 5.56 Å². The van der Waals surface area contributed by atoms with Crippen LogP contribution in [0.15, 0.2) is 53.5 Å². The Balaban J connectivity index is 1.94. The fourth-order valence-corrected chi connectivity index (χ4v) is 3.67. The standard InChI is InChI=1S/C20H19NO4S/c1-3-24-20(23)18-13(2)11-16(26-18)17-15(9-10-21-19(17)22)25-12-14-7-5-4-6-8-14/h4-11H,3,12H2,1-2H3,(H,21,22). The van der Waals surface area contributed by atoms with Gasteiger partial charge in [-0.1, -0.05) is 30.3 Å². The molecule has 0 saturated carbocycles. The molecule has 0 fully saturated rings. The number of aryl methyl sites for hydroxylation is 1. The minimum atomic E-state index is -0.375. The van der Waals surface area contributed by atoms with E-state index in [-0.39, 0.29) is 11.5 Å². The number of thiophene rings is 1. The molecular weight excluding hydrogens is 350 g/mol. The van der Waals surface area contributed by atoms with Crippen LogP contribution in [0.25, 0.3) is 10.4 Å². The Morgan fingerprint density at radius 1 is 1.19 bits per heavy atom. The van der Waals surface area contributed by atoms with E-state index in [2.05, 4.69) is 4.98 Å². The van der Waals surface area contributed by atoms with Crippen LogP contribution in [0.2, 0.25) is 0 Å².